The summed E-state index contributed by atoms with van der Waals surface area (Å²) in [6.45, 7) is 3.27. The molecule has 0 bridgehead atoms. The van der Waals surface area contributed by atoms with Crippen molar-refractivity contribution in [1.29, 1.82) is 0 Å². The first-order valence-corrected chi connectivity index (χ1v) is 2.25. The Morgan fingerprint density at radius 1 is 1.86 bits per heavy atom. The number of carbonyl (C=O) groups excluding carboxylic acids is 1. The third-order valence-electron chi connectivity index (χ3n) is 0.510. The molecule has 0 radical (unpaired) electrons. The number of amides is 1. The highest BCUT2D eigenvalue weighted by Crippen LogP contribution is 1.89. The van der Waals surface area contributed by atoms with Crippen LogP contribution in [0.3, 0.4) is 0 Å². The first-order chi connectivity index (χ1) is 3.18. The standard InChI is InChI=1S/C4H6ClNO/c1-3(2-5)4(6)7/h1-2H2,(H2,6,7). The number of nitrogens with two attached hydrogens (primary N) is 1. The molecule has 0 fully saturated rings. The molecule has 0 atom stereocenters. The van der Waals surface area contributed by atoms with Crippen LogP contribution in [-0.4, -0.2) is 11.8 Å². The van der Waals surface area contributed by atoms with Gasteiger partial charge in [-0.05, 0) is 0 Å². The summed E-state index contributed by atoms with van der Waals surface area (Å²) in [5.41, 5.74) is 4.98. The zero-order valence-corrected chi connectivity index (χ0v) is 4.53. The molecule has 1 amide bonds. The van der Waals surface area contributed by atoms with Crippen LogP contribution in [0.25, 0.3) is 0 Å². The van der Waals surface area contributed by atoms with Crippen LogP contribution in [0.1, 0.15) is 0 Å². The molecule has 0 aromatic carbocycles. The average Bonchev–Trinajstić information content (AvgIpc) is 1.65. The largest absolute Gasteiger partial charge is 0.366 e. The lowest BCUT2D eigenvalue weighted by Gasteiger charge is -1.87. The number of carbonyl (C=O) groups is 1. The molecule has 2 nitrogen and oxygen atoms in total. The smallest absolute Gasteiger partial charge is 0.245 e. The number of hydrogen-bond donors (Lipinski definition) is 1. The van der Waals surface area contributed by atoms with Crippen molar-refractivity contribution in [2.75, 3.05) is 5.88 Å². The predicted molar refractivity (Wildman–Crippen MR) is 29.1 cm³/mol. The molecule has 0 aromatic rings. The van der Waals surface area contributed by atoms with E-state index < -0.39 is 5.91 Å². The Bertz CT molecular complexity index is 99.9. The normalized spacial score (nSPS) is 8.14. The second-order valence-corrected chi connectivity index (χ2v) is 1.37. The number of alkyl halides is 1. The molecule has 0 aliphatic rings. The van der Waals surface area contributed by atoms with Crippen molar-refractivity contribution in [3.8, 4) is 0 Å². The van der Waals surface area contributed by atoms with Gasteiger partial charge in [0.15, 0.2) is 0 Å². The Morgan fingerprint density at radius 3 is 2.29 bits per heavy atom. The van der Waals surface area contributed by atoms with E-state index in [1.54, 1.807) is 0 Å². The van der Waals surface area contributed by atoms with Crippen LogP contribution in [0.4, 0.5) is 0 Å². The van der Waals surface area contributed by atoms with Crippen LogP contribution in [0.2, 0.25) is 0 Å². The lowest BCUT2D eigenvalue weighted by atomic mass is 10.3. The molecular weight excluding hydrogens is 114 g/mol. The van der Waals surface area contributed by atoms with E-state index in [0.717, 1.165) is 0 Å². The summed E-state index contributed by atoms with van der Waals surface area (Å²) in [5.74, 6) is -0.412. The van der Waals surface area contributed by atoms with Gasteiger partial charge in [0, 0.05) is 5.57 Å². The number of primary amides is 1. The summed E-state index contributed by atoms with van der Waals surface area (Å²) >= 11 is 5.15. The fourth-order valence-corrected chi connectivity index (χ4v) is 0.198. The second kappa shape index (κ2) is 2.64. The maximum absolute atomic E-state index is 9.97. The molecule has 7 heavy (non-hydrogen) atoms. The van der Waals surface area contributed by atoms with Gasteiger partial charge >= 0.3 is 0 Å². The van der Waals surface area contributed by atoms with Gasteiger partial charge in [0.2, 0.25) is 5.91 Å². The van der Waals surface area contributed by atoms with E-state index in [9.17, 15) is 4.79 Å². The molecule has 0 saturated heterocycles. The molecule has 0 unspecified atom stereocenters. The number of halogens is 1. The van der Waals surface area contributed by atoms with Crippen molar-refractivity contribution >= 4 is 17.5 Å². The summed E-state index contributed by atoms with van der Waals surface area (Å²) < 4.78 is 0. The van der Waals surface area contributed by atoms with Crippen molar-refractivity contribution in [2.45, 2.75) is 0 Å². The van der Waals surface area contributed by atoms with Crippen molar-refractivity contribution < 1.29 is 4.79 Å². The number of rotatable bonds is 2. The zero-order valence-electron chi connectivity index (χ0n) is 3.78. The predicted octanol–water partition coefficient (Wildman–Crippen LogP) is 0.267. The molecule has 0 saturated carbocycles. The molecule has 0 heterocycles. The summed E-state index contributed by atoms with van der Waals surface area (Å²) in [5, 5.41) is 0. The third-order valence-corrected chi connectivity index (χ3v) is 0.832. The Labute approximate surface area is 46.9 Å². The lowest BCUT2D eigenvalue weighted by Crippen LogP contribution is -2.13. The highest BCUT2D eigenvalue weighted by molar-refractivity contribution is 6.22. The SMILES string of the molecule is C=C(CCl)C(N)=O. The van der Waals surface area contributed by atoms with Gasteiger partial charge < -0.3 is 5.73 Å². The van der Waals surface area contributed by atoms with Gasteiger partial charge in [-0.25, -0.2) is 0 Å². The zero-order chi connectivity index (χ0) is 5.86. The van der Waals surface area contributed by atoms with E-state index in [1.165, 1.54) is 0 Å². The van der Waals surface area contributed by atoms with Crippen LogP contribution in [0.15, 0.2) is 12.2 Å². The van der Waals surface area contributed by atoms with Crippen LogP contribution >= 0.6 is 11.6 Å². The van der Waals surface area contributed by atoms with Gasteiger partial charge in [0.1, 0.15) is 0 Å². The van der Waals surface area contributed by atoms with Gasteiger partial charge in [-0.1, -0.05) is 6.58 Å². The topological polar surface area (TPSA) is 43.1 Å². The van der Waals surface area contributed by atoms with E-state index in [-0.39, 0.29) is 11.5 Å². The molecule has 3 heteroatoms. The molecule has 2 N–H and O–H groups in total. The Kier molecular flexibility index (Phi) is 2.45. The molecule has 0 aromatic heterocycles. The van der Waals surface area contributed by atoms with Crippen LogP contribution < -0.4 is 5.73 Å². The molecule has 0 aliphatic heterocycles. The molecule has 0 spiro atoms. The monoisotopic (exact) mass is 119 g/mol. The minimum absolute atomic E-state index is 0.120. The molecule has 0 rings (SSSR count). The summed E-state index contributed by atoms with van der Waals surface area (Å²) in [4.78, 5) is 9.97. The Morgan fingerprint density at radius 2 is 2.29 bits per heavy atom. The van der Waals surface area contributed by atoms with Gasteiger partial charge in [0.05, 0.1) is 5.88 Å². The van der Waals surface area contributed by atoms with Crippen molar-refractivity contribution in [2.24, 2.45) is 5.73 Å². The minimum atomic E-state index is -0.532. The Balaban J connectivity index is 3.58. The van der Waals surface area contributed by atoms with Crippen molar-refractivity contribution in [3.63, 3.8) is 0 Å². The maximum Gasteiger partial charge on any atom is 0.245 e. The van der Waals surface area contributed by atoms with Crippen molar-refractivity contribution in [3.05, 3.63) is 12.2 Å². The first kappa shape index (κ1) is 6.50. The second-order valence-electron chi connectivity index (χ2n) is 1.10. The van der Waals surface area contributed by atoms with Gasteiger partial charge in [-0.3, -0.25) is 4.79 Å². The minimum Gasteiger partial charge on any atom is -0.366 e. The summed E-state index contributed by atoms with van der Waals surface area (Å²) in [6.07, 6.45) is 0. The van der Waals surface area contributed by atoms with Crippen LogP contribution in [-0.2, 0) is 4.79 Å². The summed E-state index contributed by atoms with van der Waals surface area (Å²) in [7, 11) is 0. The van der Waals surface area contributed by atoms with Gasteiger partial charge in [-0.15, -0.1) is 11.6 Å². The highest BCUT2D eigenvalue weighted by atomic mass is 35.5. The molecule has 0 aliphatic carbocycles. The van der Waals surface area contributed by atoms with Crippen LogP contribution in [0, 0.1) is 0 Å². The van der Waals surface area contributed by atoms with Crippen LogP contribution in [0.5, 0.6) is 0 Å². The average molecular weight is 120 g/mol. The van der Waals surface area contributed by atoms with Gasteiger partial charge in [-0.2, -0.15) is 0 Å². The number of hydrogen-bond acceptors (Lipinski definition) is 1. The van der Waals surface area contributed by atoms with E-state index in [0.29, 0.717) is 0 Å². The van der Waals surface area contributed by atoms with E-state index >= 15 is 0 Å². The fraction of sp³-hybridized carbons (Fsp3) is 0.250. The molecular formula is C4H6ClNO. The summed E-state index contributed by atoms with van der Waals surface area (Å²) in [6, 6.07) is 0. The fourth-order valence-electron chi connectivity index (χ4n) is 0.0659. The maximum atomic E-state index is 9.97. The van der Waals surface area contributed by atoms with E-state index in [4.69, 9.17) is 17.3 Å². The van der Waals surface area contributed by atoms with Gasteiger partial charge in [0.25, 0.3) is 0 Å². The first-order valence-electron chi connectivity index (χ1n) is 1.72. The highest BCUT2D eigenvalue weighted by Gasteiger charge is 1.95. The third kappa shape index (κ3) is 2.23. The van der Waals surface area contributed by atoms with E-state index in [2.05, 4.69) is 6.58 Å². The Hall–Kier alpha value is -0.500. The quantitative estimate of drug-likeness (QED) is 0.412. The molecule has 40 valence electrons. The van der Waals surface area contributed by atoms with Crippen molar-refractivity contribution in [1.82, 2.24) is 0 Å². The lowest BCUT2D eigenvalue weighted by molar-refractivity contribution is -0.114. The van der Waals surface area contributed by atoms with E-state index in [1.807, 2.05) is 0 Å².